The fourth-order valence-corrected chi connectivity index (χ4v) is 2.36. The molecule has 0 amide bonds. The molecule has 1 aromatic rings. The van der Waals surface area contributed by atoms with Crippen LogP contribution in [0, 0.1) is 0 Å². The Bertz CT molecular complexity index is 403. The molecule has 1 aliphatic rings. The topological polar surface area (TPSA) is 38.5 Å². The Kier molecular flexibility index (Phi) is 3.46. The van der Waals surface area contributed by atoms with Gasteiger partial charge in [0.25, 0.3) is 0 Å². The van der Waals surface area contributed by atoms with Gasteiger partial charge >= 0.3 is 0 Å². The van der Waals surface area contributed by atoms with E-state index in [9.17, 15) is 0 Å². The van der Waals surface area contributed by atoms with Gasteiger partial charge in [0.05, 0.1) is 17.9 Å². The lowest BCUT2D eigenvalue weighted by Gasteiger charge is -2.33. The number of ether oxygens (including phenoxy) is 1. The number of hydrogen-bond donors (Lipinski definition) is 1. The number of unbranched alkanes of at least 4 members (excludes halogenated alkanes) is 1. The number of aryl methyl sites for hydroxylation is 1. The first-order valence-electron chi connectivity index (χ1n) is 6.42. The third kappa shape index (κ3) is 2.48. The summed E-state index contributed by atoms with van der Waals surface area (Å²) in [6.45, 7) is 5.20. The maximum Gasteiger partial charge on any atom is 0.165 e. The molecule has 0 saturated carbocycles. The molecule has 0 aromatic heterocycles. The summed E-state index contributed by atoms with van der Waals surface area (Å²) in [5, 5.41) is 0. The molecule has 0 aliphatic carbocycles. The van der Waals surface area contributed by atoms with Crippen LogP contribution in [0.4, 0.5) is 11.4 Å². The van der Waals surface area contributed by atoms with Gasteiger partial charge in [-0.1, -0.05) is 13.3 Å². The lowest BCUT2D eigenvalue weighted by Crippen LogP contribution is -2.36. The normalized spacial score (nSPS) is 18.8. The van der Waals surface area contributed by atoms with E-state index >= 15 is 0 Å². The smallest absolute Gasteiger partial charge is 0.165 e. The van der Waals surface area contributed by atoms with Gasteiger partial charge in [-0.25, -0.2) is 0 Å². The zero-order valence-corrected chi connectivity index (χ0v) is 11.0. The first-order valence-corrected chi connectivity index (χ1v) is 6.42. The summed E-state index contributed by atoms with van der Waals surface area (Å²) < 4.78 is 5.83. The Morgan fingerprint density at radius 1 is 1.47 bits per heavy atom. The molecular formula is C14H22N2O. The molecule has 2 rings (SSSR count). The van der Waals surface area contributed by atoms with Crippen molar-refractivity contribution in [1.82, 2.24) is 0 Å². The second-order valence-electron chi connectivity index (χ2n) is 4.95. The predicted molar refractivity (Wildman–Crippen MR) is 72.8 cm³/mol. The van der Waals surface area contributed by atoms with Gasteiger partial charge in [-0.2, -0.15) is 0 Å². The van der Waals surface area contributed by atoms with Crippen LogP contribution in [-0.4, -0.2) is 19.7 Å². The molecular weight excluding hydrogens is 212 g/mol. The molecule has 1 atom stereocenters. The number of hydrogen-bond acceptors (Lipinski definition) is 3. The number of nitrogens with two attached hydrogens (primary N) is 1. The standard InChI is InChI=1S/C14H22N2O/c1-4-5-6-11-7-12(15)14-13(8-11)16(3)9-10(2)17-14/h7-8,10H,4-6,9,15H2,1-3H3. The van der Waals surface area contributed by atoms with Crippen molar-refractivity contribution in [3.05, 3.63) is 17.7 Å². The van der Waals surface area contributed by atoms with Crippen molar-refractivity contribution < 1.29 is 4.74 Å². The number of anilines is 2. The number of benzene rings is 1. The molecule has 0 fully saturated rings. The van der Waals surface area contributed by atoms with E-state index in [0.717, 1.165) is 30.1 Å². The fraction of sp³-hybridized carbons (Fsp3) is 0.571. The molecule has 2 N–H and O–H groups in total. The lowest BCUT2D eigenvalue weighted by atomic mass is 10.0. The number of rotatable bonds is 3. The SMILES string of the molecule is CCCCc1cc(N)c2c(c1)N(C)CC(C)O2. The first kappa shape index (κ1) is 12.1. The number of fused-ring (bicyclic) bond motifs is 1. The molecule has 3 heteroatoms. The van der Waals surface area contributed by atoms with Gasteiger partial charge in [0, 0.05) is 7.05 Å². The van der Waals surface area contributed by atoms with Crippen molar-refractivity contribution in [3.8, 4) is 5.75 Å². The van der Waals surface area contributed by atoms with E-state index < -0.39 is 0 Å². The second kappa shape index (κ2) is 4.86. The van der Waals surface area contributed by atoms with E-state index in [1.165, 1.54) is 18.4 Å². The van der Waals surface area contributed by atoms with Crippen LogP contribution in [0.25, 0.3) is 0 Å². The van der Waals surface area contributed by atoms with E-state index in [0.29, 0.717) is 0 Å². The molecule has 0 bridgehead atoms. The van der Waals surface area contributed by atoms with Gasteiger partial charge in [0.15, 0.2) is 5.75 Å². The average Bonchev–Trinajstić information content (AvgIpc) is 2.28. The molecule has 1 aromatic carbocycles. The van der Waals surface area contributed by atoms with Crippen LogP contribution in [0.3, 0.4) is 0 Å². The summed E-state index contributed by atoms with van der Waals surface area (Å²) in [4.78, 5) is 2.23. The van der Waals surface area contributed by atoms with Crippen molar-refractivity contribution in [3.63, 3.8) is 0 Å². The van der Waals surface area contributed by atoms with Crippen molar-refractivity contribution in [1.29, 1.82) is 0 Å². The van der Waals surface area contributed by atoms with E-state index in [4.69, 9.17) is 10.5 Å². The molecule has 3 nitrogen and oxygen atoms in total. The Morgan fingerprint density at radius 3 is 2.94 bits per heavy atom. The van der Waals surface area contributed by atoms with Crippen LogP contribution in [0.5, 0.6) is 5.75 Å². The van der Waals surface area contributed by atoms with Crippen LogP contribution in [0.2, 0.25) is 0 Å². The lowest BCUT2D eigenvalue weighted by molar-refractivity contribution is 0.217. The van der Waals surface area contributed by atoms with Crippen LogP contribution < -0.4 is 15.4 Å². The largest absolute Gasteiger partial charge is 0.485 e. The monoisotopic (exact) mass is 234 g/mol. The molecule has 0 saturated heterocycles. The summed E-state index contributed by atoms with van der Waals surface area (Å²) in [6, 6.07) is 4.27. The highest BCUT2D eigenvalue weighted by atomic mass is 16.5. The molecule has 94 valence electrons. The number of likely N-dealkylation sites (N-methyl/N-ethyl adjacent to an activating group) is 1. The second-order valence-corrected chi connectivity index (χ2v) is 4.95. The van der Waals surface area contributed by atoms with Gasteiger partial charge in [-0.05, 0) is 37.5 Å². The summed E-state index contributed by atoms with van der Waals surface area (Å²) in [7, 11) is 2.10. The Balaban J connectivity index is 2.32. The highest BCUT2D eigenvalue weighted by Gasteiger charge is 2.22. The van der Waals surface area contributed by atoms with Crippen molar-refractivity contribution in [2.24, 2.45) is 0 Å². The van der Waals surface area contributed by atoms with Gasteiger partial charge in [0.2, 0.25) is 0 Å². The average molecular weight is 234 g/mol. The highest BCUT2D eigenvalue weighted by molar-refractivity contribution is 5.72. The fourth-order valence-electron chi connectivity index (χ4n) is 2.36. The van der Waals surface area contributed by atoms with Gasteiger partial charge < -0.3 is 15.4 Å². The summed E-state index contributed by atoms with van der Waals surface area (Å²) in [5.74, 6) is 0.853. The Morgan fingerprint density at radius 2 is 2.24 bits per heavy atom. The molecule has 0 radical (unpaired) electrons. The maximum atomic E-state index is 6.09. The third-order valence-corrected chi connectivity index (χ3v) is 3.24. The van der Waals surface area contributed by atoms with E-state index in [-0.39, 0.29) is 6.10 Å². The molecule has 1 heterocycles. The molecule has 17 heavy (non-hydrogen) atoms. The minimum Gasteiger partial charge on any atom is -0.485 e. The third-order valence-electron chi connectivity index (χ3n) is 3.24. The molecule has 0 spiro atoms. The minimum absolute atomic E-state index is 0.205. The Hall–Kier alpha value is -1.38. The van der Waals surface area contributed by atoms with E-state index in [2.05, 4.69) is 37.9 Å². The quantitative estimate of drug-likeness (QED) is 0.817. The molecule has 1 aliphatic heterocycles. The predicted octanol–water partition coefficient (Wildman–Crippen LogP) is 2.83. The van der Waals surface area contributed by atoms with Gasteiger partial charge in [-0.15, -0.1) is 0 Å². The number of nitrogen functional groups attached to an aromatic ring is 1. The summed E-state index contributed by atoms with van der Waals surface area (Å²) in [5.41, 5.74) is 9.30. The summed E-state index contributed by atoms with van der Waals surface area (Å²) >= 11 is 0. The van der Waals surface area contributed by atoms with Crippen LogP contribution in [0.15, 0.2) is 12.1 Å². The Labute approximate surface area is 104 Å². The van der Waals surface area contributed by atoms with Gasteiger partial charge in [-0.3, -0.25) is 0 Å². The highest BCUT2D eigenvalue weighted by Crippen LogP contribution is 2.39. The van der Waals surface area contributed by atoms with Crippen LogP contribution >= 0.6 is 0 Å². The maximum absolute atomic E-state index is 6.09. The van der Waals surface area contributed by atoms with Crippen molar-refractivity contribution in [2.45, 2.75) is 39.2 Å². The molecule has 1 unspecified atom stereocenters. The van der Waals surface area contributed by atoms with E-state index in [1.54, 1.807) is 0 Å². The van der Waals surface area contributed by atoms with Crippen LogP contribution in [-0.2, 0) is 6.42 Å². The van der Waals surface area contributed by atoms with Crippen molar-refractivity contribution >= 4 is 11.4 Å². The zero-order valence-electron chi connectivity index (χ0n) is 11.0. The van der Waals surface area contributed by atoms with Crippen LogP contribution in [0.1, 0.15) is 32.3 Å². The zero-order chi connectivity index (χ0) is 12.4. The van der Waals surface area contributed by atoms with Crippen molar-refractivity contribution in [2.75, 3.05) is 24.2 Å². The van der Waals surface area contributed by atoms with Gasteiger partial charge in [0.1, 0.15) is 6.10 Å². The first-order chi connectivity index (χ1) is 8.11. The minimum atomic E-state index is 0.205. The number of nitrogens with zero attached hydrogens (tertiary/aromatic N) is 1. The summed E-state index contributed by atoms with van der Waals surface area (Å²) in [6.07, 6.45) is 3.72. The van der Waals surface area contributed by atoms with E-state index in [1.807, 2.05) is 0 Å².